The van der Waals surface area contributed by atoms with Crippen LogP contribution in [0.5, 0.6) is 5.75 Å². The molecule has 2 aromatic heterocycles. The number of hydrogen-bond donors (Lipinski definition) is 0. The first-order chi connectivity index (χ1) is 14.3. The Bertz CT molecular complexity index is 1190. The predicted octanol–water partition coefficient (Wildman–Crippen LogP) is 2.42. The Balaban J connectivity index is 1.22. The van der Waals surface area contributed by atoms with Gasteiger partial charge in [0.1, 0.15) is 16.7 Å². The molecule has 1 saturated heterocycles. The van der Waals surface area contributed by atoms with Crippen LogP contribution >= 0.6 is 0 Å². The molecule has 2 fully saturated rings. The Kier molecular flexibility index (Phi) is 4.44. The van der Waals surface area contributed by atoms with Gasteiger partial charge in [0.15, 0.2) is 0 Å². The Morgan fingerprint density at radius 1 is 1.13 bits per heavy atom. The molecule has 10 heteroatoms. The van der Waals surface area contributed by atoms with Gasteiger partial charge in [-0.05, 0) is 51.0 Å². The molecule has 3 heterocycles. The normalized spacial score (nSPS) is 17.8. The maximum atomic E-state index is 12.9. The second-order valence-electron chi connectivity index (χ2n) is 7.94. The molecule has 0 unspecified atom stereocenters. The Morgan fingerprint density at radius 2 is 1.83 bits per heavy atom. The average Bonchev–Trinajstić information content (AvgIpc) is 3.34. The lowest BCUT2D eigenvalue weighted by molar-refractivity contribution is 0.0761. The molecule has 1 aliphatic carbocycles. The van der Waals surface area contributed by atoms with Gasteiger partial charge >= 0.3 is 0 Å². The minimum atomic E-state index is -3.57. The lowest BCUT2D eigenvalue weighted by Crippen LogP contribution is -2.56. The molecule has 3 aromatic rings. The van der Waals surface area contributed by atoms with Gasteiger partial charge < -0.3 is 9.26 Å². The highest BCUT2D eigenvalue weighted by molar-refractivity contribution is 7.89. The van der Waals surface area contributed by atoms with Gasteiger partial charge in [-0.25, -0.2) is 8.42 Å². The summed E-state index contributed by atoms with van der Waals surface area (Å²) in [7, 11) is -1.82. The lowest BCUT2D eigenvalue weighted by Gasteiger charge is -2.37. The number of aromatic nitrogens is 4. The van der Waals surface area contributed by atoms with E-state index >= 15 is 0 Å². The number of aryl methyl sites for hydroxylation is 2. The maximum Gasteiger partial charge on any atom is 0.246 e. The van der Waals surface area contributed by atoms with Gasteiger partial charge in [-0.2, -0.15) is 14.4 Å². The van der Waals surface area contributed by atoms with Crippen molar-refractivity contribution < 1.29 is 17.7 Å². The topological polar surface area (TPSA) is 103 Å². The molecule has 0 bridgehead atoms. The summed E-state index contributed by atoms with van der Waals surface area (Å²) in [4.78, 5) is 4.73. The molecule has 1 saturated carbocycles. The first kappa shape index (κ1) is 19.3. The molecular weight excluding hydrogens is 406 g/mol. The standard InChI is InChI=1S/C20H23N5O4S/c1-12-18(13(2)24(3)22-12)30(26,27)25-10-17(11-25)28-16-8-6-14(7-9-16)19-21-20(29-23-19)15-4-5-15/h6-9,15,17H,4-5,10-11H2,1-3H3. The fraction of sp³-hybridized carbons (Fsp3) is 0.450. The fourth-order valence-corrected chi connectivity index (χ4v) is 5.55. The van der Waals surface area contributed by atoms with Crippen molar-refractivity contribution in [3.8, 4) is 17.1 Å². The summed E-state index contributed by atoms with van der Waals surface area (Å²) in [5.41, 5.74) is 2.01. The third-order valence-electron chi connectivity index (χ3n) is 5.64. The second kappa shape index (κ2) is 6.92. The molecule has 0 amide bonds. The largest absolute Gasteiger partial charge is 0.488 e. The molecular formula is C20H23N5O4S. The second-order valence-corrected chi connectivity index (χ2v) is 9.82. The van der Waals surface area contributed by atoms with E-state index in [1.54, 1.807) is 25.6 Å². The van der Waals surface area contributed by atoms with Crippen molar-refractivity contribution in [2.24, 2.45) is 7.05 Å². The third-order valence-corrected chi connectivity index (χ3v) is 7.72. The first-order valence-electron chi connectivity index (χ1n) is 9.94. The van der Waals surface area contributed by atoms with Crippen molar-refractivity contribution in [1.29, 1.82) is 0 Å². The summed E-state index contributed by atoms with van der Waals surface area (Å²) < 4.78 is 40.1. The van der Waals surface area contributed by atoms with Crippen molar-refractivity contribution in [2.45, 2.75) is 43.6 Å². The van der Waals surface area contributed by atoms with E-state index in [-0.39, 0.29) is 6.10 Å². The fourth-order valence-electron chi connectivity index (χ4n) is 3.65. The van der Waals surface area contributed by atoms with Gasteiger partial charge in [-0.1, -0.05) is 5.16 Å². The molecule has 1 aliphatic heterocycles. The number of nitrogens with zero attached hydrogens (tertiary/aromatic N) is 5. The smallest absolute Gasteiger partial charge is 0.246 e. The SMILES string of the molecule is Cc1nn(C)c(C)c1S(=O)(=O)N1CC(Oc2ccc(-c3noc(C4CC4)n3)cc2)C1. The van der Waals surface area contributed by atoms with Gasteiger partial charge in [-0.3, -0.25) is 4.68 Å². The van der Waals surface area contributed by atoms with Gasteiger partial charge in [0, 0.05) is 18.5 Å². The van der Waals surface area contributed by atoms with Crippen molar-refractivity contribution >= 4 is 10.0 Å². The van der Waals surface area contributed by atoms with E-state index in [9.17, 15) is 8.42 Å². The Labute approximate surface area is 174 Å². The number of sulfonamides is 1. The summed E-state index contributed by atoms with van der Waals surface area (Å²) in [6.45, 7) is 4.10. The minimum Gasteiger partial charge on any atom is -0.488 e. The van der Waals surface area contributed by atoms with Gasteiger partial charge in [-0.15, -0.1) is 0 Å². The van der Waals surface area contributed by atoms with E-state index in [1.807, 2.05) is 24.3 Å². The van der Waals surface area contributed by atoms with Crippen LogP contribution in [0.15, 0.2) is 33.7 Å². The average molecular weight is 430 g/mol. The molecule has 0 N–H and O–H groups in total. The molecule has 30 heavy (non-hydrogen) atoms. The molecule has 9 nitrogen and oxygen atoms in total. The van der Waals surface area contributed by atoms with Gasteiger partial charge in [0.2, 0.25) is 21.7 Å². The first-order valence-corrected chi connectivity index (χ1v) is 11.4. The molecule has 0 radical (unpaired) electrons. The molecule has 1 aromatic carbocycles. The van der Waals surface area contributed by atoms with E-state index < -0.39 is 10.0 Å². The van der Waals surface area contributed by atoms with E-state index in [2.05, 4.69) is 15.2 Å². The predicted molar refractivity (Wildman–Crippen MR) is 108 cm³/mol. The Hall–Kier alpha value is -2.72. The number of hydrogen-bond acceptors (Lipinski definition) is 7. The van der Waals surface area contributed by atoms with E-state index in [4.69, 9.17) is 9.26 Å². The van der Waals surface area contributed by atoms with Crippen molar-refractivity contribution in [3.63, 3.8) is 0 Å². The Morgan fingerprint density at radius 3 is 2.43 bits per heavy atom. The summed E-state index contributed by atoms with van der Waals surface area (Å²) in [6, 6.07) is 7.45. The van der Waals surface area contributed by atoms with Crippen LogP contribution in [0.2, 0.25) is 0 Å². The quantitative estimate of drug-likeness (QED) is 0.593. The molecule has 5 rings (SSSR count). The molecule has 158 valence electrons. The van der Waals surface area contributed by atoms with E-state index in [0.29, 0.717) is 52.8 Å². The molecule has 0 atom stereocenters. The van der Waals surface area contributed by atoms with Gasteiger partial charge in [0.25, 0.3) is 0 Å². The van der Waals surface area contributed by atoms with Crippen LogP contribution in [0.3, 0.4) is 0 Å². The third kappa shape index (κ3) is 3.29. The number of ether oxygens (including phenoxy) is 1. The van der Waals surface area contributed by atoms with Crippen LogP contribution in [-0.4, -0.2) is 51.8 Å². The summed E-state index contributed by atoms with van der Waals surface area (Å²) in [5, 5.41) is 8.25. The maximum absolute atomic E-state index is 12.9. The number of benzene rings is 1. The zero-order valence-electron chi connectivity index (χ0n) is 17.1. The lowest BCUT2D eigenvalue weighted by atomic mass is 10.2. The van der Waals surface area contributed by atoms with Crippen LogP contribution < -0.4 is 4.74 Å². The molecule has 2 aliphatic rings. The van der Waals surface area contributed by atoms with Crippen LogP contribution in [0.4, 0.5) is 0 Å². The summed E-state index contributed by atoms with van der Waals surface area (Å²) in [5.74, 6) is 2.39. The van der Waals surface area contributed by atoms with Gasteiger partial charge in [0.05, 0.1) is 24.5 Å². The molecule has 0 spiro atoms. The van der Waals surface area contributed by atoms with Crippen LogP contribution in [0, 0.1) is 13.8 Å². The van der Waals surface area contributed by atoms with Crippen molar-refractivity contribution in [2.75, 3.05) is 13.1 Å². The van der Waals surface area contributed by atoms with E-state index in [0.717, 1.165) is 18.4 Å². The van der Waals surface area contributed by atoms with Crippen LogP contribution in [-0.2, 0) is 17.1 Å². The summed E-state index contributed by atoms with van der Waals surface area (Å²) >= 11 is 0. The zero-order chi connectivity index (χ0) is 21.0. The zero-order valence-corrected chi connectivity index (χ0v) is 17.9. The van der Waals surface area contributed by atoms with Crippen LogP contribution in [0.1, 0.15) is 36.0 Å². The van der Waals surface area contributed by atoms with Crippen LogP contribution in [0.25, 0.3) is 11.4 Å². The monoisotopic (exact) mass is 429 g/mol. The number of rotatable bonds is 6. The minimum absolute atomic E-state index is 0.186. The van der Waals surface area contributed by atoms with Crippen molar-refractivity contribution in [1.82, 2.24) is 24.2 Å². The van der Waals surface area contributed by atoms with E-state index in [1.165, 1.54) is 4.31 Å². The van der Waals surface area contributed by atoms with Crippen molar-refractivity contribution in [3.05, 3.63) is 41.5 Å². The highest BCUT2D eigenvalue weighted by atomic mass is 32.2. The highest BCUT2D eigenvalue weighted by Gasteiger charge is 2.40. The summed E-state index contributed by atoms with van der Waals surface area (Å²) in [6.07, 6.45) is 2.04. The highest BCUT2D eigenvalue weighted by Crippen LogP contribution is 2.39.